The summed E-state index contributed by atoms with van der Waals surface area (Å²) in [5.41, 5.74) is 13.4. The number of fused-ring (bicyclic) bond motifs is 5. The van der Waals surface area contributed by atoms with Gasteiger partial charge in [-0.1, -0.05) is 212 Å². The smallest absolute Gasteiger partial charge is 0.160 e. The van der Waals surface area contributed by atoms with Crippen LogP contribution in [-0.4, -0.2) is 9.97 Å². The van der Waals surface area contributed by atoms with Crippen molar-refractivity contribution in [3.05, 3.63) is 231 Å². The molecule has 0 saturated carbocycles. The summed E-state index contributed by atoms with van der Waals surface area (Å²) in [6, 6.07) is 83.0. The third-order valence-corrected chi connectivity index (χ3v) is 13.5. The molecule has 2 heterocycles. The third kappa shape index (κ3) is 6.67. The van der Waals surface area contributed by atoms with Gasteiger partial charge >= 0.3 is 0 Å². The molecule has 294 valence electrons. The molecule has 12 rings (SSSR count). The number of rotatable bonds is 7. The van der Waals surface area contributed by atoms with Crippen LogP contribution in [0, 0.1) is 0 Å². The molecule has 0 atom stereocenters. The predicted octanol–water partition coefficient (Wildman–Crippen LogP) is 16.8. The average Bonchev–Trinajstić information content (AvgIpc) is 3.81. The van der Waals surface area contributed by atoms with Crippen LogP contribution in [0.15, 0.2) is 231 Å². The van der Waals surface area contributed by atoms with E-state index in [4.69, 9.17) is 9.97 Å². The Morgan fingerprint density at radius 2 is 0.762 bits per heavy atom. The Hall–Kier alpha value is -7.98. The van der Waals surface area contributed by atoms with Crippen LogP contribution >= 0.6 is 11.3 Å². The van der Waals surface area contributed by atoms with Gasteiger partial charge in [-0.3, -0.25) is 0 Å². The number of aromatic nitrogens is 2. The summed E-state index contributed by atoms with van der Waals surface area (Å²) in [5.74, 6) is 0.709. The average molecular weight is 819 g/mol. The zero-order valence-corrected chi connectivity index (χ0v) is 35.1. The van der Waals surface area contributed by atoms with Crippen LogP contribution in [0.5, 0.6) is 0 Å². The van der Waals surface area contributed by atoms with Crippen LogP contribution in [0.4, 0.5) is 0 Å². The second kappa shape index (κ2) is 15.5. The lowest BCUT2D eigenvalue weighted by molar-refractivity contribution is 1.18. The lowest BCUT2D eigenvalue weighted by atomic mass is 9.84. The zero-order valence-electron chi connectivity index (χ0n) is 34.2. The van der Waals surface area contributed by atoms with Crippen LogP contribution in [0.25, 0.3) is 120 Å². The highest BCUT2D eigenvalue weighted by Gasteiger charge is 2.19. The van der Waals surface area contributed by atoms with Crippen molar-refractivity contribution in [3.8, 4) is 77.7 Å². The molecule has 3 heteroatoms. The summed E-state index contributed by atoms with van der Waals surface area (Å²) >= 11 is 1.83. The molecule has 12 aromatic rings. The lowest BCUT2D eigenvalue weighted by Gasteiger charge is -2.19. The molecule has 0 N–H and O–H groups in total. The molecular weight excluding hydrogens is 781 g/mol. The van der Waals surface area contributed by atoms with Crippen molar-refractivity contribution in [3.63, 3.8) is 0 Å². The Morgan fingerprint density at radius 1 is 0.286 bits per heavy atom. The van der Waals surface area contributed by atoms with E-state index in [1.54, 1.807) is 0 Å². The van der Waals surface area contributed by atoms with Gasteiger partial charge in [-0.25, -0.2) is 9.97 Å². The summed E-state index contributed by atoms with van der Waals surface area (Å²) in [4.78, 5) is 11.5. The maximum Gasteiger partial charge on any atom is 0.160 e. The number of hydrogen-bond acceptors (Lipinski definition) is 3. The zero-order chi connectivity index (χ0) is 41.7. The Kier molecular flexibility index (Phi) is 9.06. The SMILES string of the molecule is c1ccc(-c2nc(-c3ccc(-c4ccc(-c5c6ccccc6c(-c6ccccc6)c6ccc7ccccc7c56)cc4)cc3)cc(-c3ccc(-c4cc5ccccc5s4)cc3)n2)cc1. The van der Waals surface area contributed by atoms with Crippen molar-refractivity contribution in [2.24, 2.45) is 0 Å². The van der Waals surface area contributed by atoms with Gasteiger partial charge in [0.2, 0.25) is 0 Å². The lowest BCUT2D eigenvalue weighted by Crippen LogP contribution is -1.96. The largest absolute Gasteiger partial charge is 0.228 e. The third-order valence-electron chi connectivity index (χ3n) is 12.3. The van der Waals surface area contributed by atoms with Gasteiger partial charge in [0.15, 0.2) is 5.82 Å². The van der Waals surface area contributed by atoms with Crippen LogP contribution in [-0.2, 0) is 0 Å². The van der Waals surface area contributed by atoms with Gasteiger partial charge in [0.25, 0.3) is 0 Å². The van der Waals surface area contributed by atoms with Gasteiger partial charge in [0, 0.05) is 26.3 Å². The number of benzene rings is 10. The highest BCUT2D eigenvalue weighted by atomic mass is 32.1. The molecule has 10 aromatic carbocycles. The van der Waals surface area contributed by atoms with E-state index in [9.17, 15) is 0 Å². The first kappa shape index (κ1) is 36.8. The van der Waals surface area contributed by atoms with Crippen LogP contribution < -0.4 is 0 Å². The number of nitrogens with zero attached hydrogens (tertiary/aromatic N) is 2. The van der Waals surface area contributed by atoms with Gasteiger partial charge in [0.1, 0.15) is 0 Å². The molecule has 0 fully saturated rings. The van der Waals surface area contributed by atoms with Crippen LogP contribution in [0.1, 0.15) is 0 Å². The van der Waals surface area contributed by atoms with E-state index in [0.29, 0.717) is 5.82 Å². The molecule has 0 unspecified atom stereocenters. The van der Waals surface area contributed by atoms with Gasteiger partial charge in [-0.2, -0.15) is 0 Å². The molecule has 0 aliphatic rings. The Balaban J connectivity index is 0.911. The van der Waals surface area contributed by atoms with Crippen molar-refractivity contribution in [2.45, 2.75) is 0 Å². The topological polar surface area (TPSA) is 25.8 Å². The van der Waals surface area contributed by atoms with Crippen LogP contribution in [0.2, 0.25) is 0 Å². The molecule has 0 bridgehead atoms. The summed E-state index contributed by atoms with van der Waals surface area (Å²) in [6.45, 7) is 0. The van der Waals surface area contributed by atoms with Crippen molar-refractivity contribution >= 4 is 53.7 Å². The highest BCUT2D eigenvalue weighted by Crippen LogP contribution is 2.46. The van der Waals surface area contributed by atoms with E-state index < -0.39 is 0 Å². The van der Waals surface area contributed by atoms with E-state index in [2.05, 4.69) is 212 Å². The molecule has 0 aliphatic heterocycles. The fourth-order valence-corrected chi connectivity index (χ4v) is 10.3. The van der Waals surface area contributed by atoms with Crippen molar-refractivity contribution in [2.75, 3.05) is 0 Å². The molecule has 2 nitrogen and oxygen atoms in total. The molecule has 0 amide bonds. The van der Waals surface area contributed by atoms with Crippen molar-refractivity contribution in [1.82, 2.24) is 9.97 Å². The predicted molar refractivity (Wildman–Crippen MR) is 268 cm³/mol. The first-order chi connectivity index (χ1) is 31.2. The van der Waals surface area contributed by atoms with Crippen LogP contribution in [0.3, 0.4) is 0 Å². The van der Waals surface area contributed by atoms with Crippen molar-refractivity contribution < 1.29 is 0 Å². The fraction of sp³-hybridized carbons (Fsp3) is 0. The number of thiophene rings is 1. The maximum absolute atomic E-state index is 5.12. The monoisotopic (exact) mass is 818 g/mol. The summed E-state index contributed by atoms with van der Waals surface area (Å²) in [6.07, 6.45) is 0. The molecule has 63 heavy (non-hydrogen) atoms. The van der Waals surface area contributed by atoms with Gasteiger partial charge < -0.3 is 0 Å². The second-order valence-corrected chi connectivity index (χ2v) is 17.2. The van der Waals surface area contributed by atoms with E-state index >= 15 is 0 Å². The quantitative estimate of drug-likeness (QED) is 0.118. The standard InChI is InChI=1S/C60H38N2S/c1-3-14-45(15-4-1)57-50-20-10-11-21-51(50)58(59-49-19-9-7-13-41(49)35-36-52(57)59)46-33-25-40(26-34-46)39-23-27-42(28-24-39)53-38-54(62-60(61-53)47-16-5-2-6-17-47)43-29-31-44(32-30-43)56-37-48-18-8-12-22-55(48)63-56/h1-38H. The van der Waals surface area contributed by atoms with E-state index in [-0.39, 0.29) is 0 Å². The Labute approximate surface area is 370 Å². The molecular formula is C60H38N2S. The Bertz CT molecular complexity index is 3600. The minimum Gasteiger partial charge on any atom is -0.228 e. The second-order valence-electron chi connectivity index (χ2n) is 16.1. The molecule has 2 aromatic heterocycles. The maximum atomic E-state index is 5.12. The van der Waals surface area contributed by atoms with Gasteiger partial charge in [-0.15, -0.1) is 11.3 Å². The molecule has 0 spiro atoms. The van der Waals surface area contributed by atoms with Gasteiger partial charge in [0.05, 0.1) is 11.4 Å². The molecule has 0 saturated heterocycles. The van der Waals surface area contributed by atoms with E-state index in [0.717, 1.165) is 39.2 Å². The van der Waals surface area contributed by atoms with E-state index in [1.165, 1.54) is 75.1 Å². The normalized spacial score (nSPS) is 11.5. The van der Waals surface area contributed by atoms with Gasteiger partial charge in [-0.05, 0) is 94.8 Å². The fourth-order valence-electron chi connectivity index (χ4n) is 9.22. The van der Waals surface area contributed by atoms with Crippen molar-refractivity contribution in [1.29, 1.82) is 0 Å². The summed E-state index contributed by atoms with van der Waals surface area (Å²) in [7, 11) is 0. The summed E-state index contributed by atoms with van der Waals surface area (Å²) in [5, 5.41) is 8.84. The number of hydrogen-bond donors (Lipinski definition) is 0. The Morgan fingerprint density at radius 3 is 1.40 bits per heavy atom. The highest BCUT2D eigenvalue weighted by molar-refractivity contribution is 7.22. The minimum absolute atomic E-state index is 0.709. The minimum atomic E-state index is 0.709. The molecule has 0 aliphatic carbocycles. The first-order valence-electron chi connectivity index (χ1n) is 21.4. The first-order valence-corrected chi connectivity index (χ1v) is 22.2. The molecule has 0 radical (unpaired) electrons. The summed E-state index contributed by atoms with van der Waals surface area (Å²) < 4.78 is 1.30. The van der Waals surface area contributed by atoms with E-state index in [1.807, 2.05) is 29.5 Å².